The Morgan fingerprint density at radius 2 is 1.73 bits per heavy atom. The highest BCUT2D eigenvalue weighted by Crippen LogP contribution is 2.22. The second-order valence-electron chi connectivity index (χ2n) is 6.19. The third-order valence-corrected chi connectivity index (χ3v) is 4.32. The number of nitrogens with one attached hydrogen (secondary N) is 2. The van der Waals surface area contributed by atoms with Gasteiger partial charge in [0.05, 0.1) is 29.3 Å². The number of hydrogen-bond donors (Lipinski definition) is 2. The predicted molar refractivity (Wildman–Crippen MR) is 101 cm³/mol. The highest BCUT2D eigenvalue weighted by molar-refractivity contribution is 6.00. The molecule has 0 aliphatic heterocycles. The third kappa shape index (κ3) is 3.74. The Hall–Kier alpha value is -3.15. The van der Waals surface area contributed by atoms with Gasteiger partial charge in [0, 0.05) is 0 Å². The van der Waals surface area contributed by atoms with Crippen molar-refractivity contribution in [1.29, 1.82) is 0 Å². The molecule has 26 heavy (non-hydrogen) atoms. The van der Waals surface area contributed by atoms with Crippen molar-refractivity contribution in [2.75, 3.05) is 10.6 Å². The number of aryl methyl sites for hydroxylation is 2. The van der Waals surface area contributed by atoms with E-state index in [1.165, 1.54) is 23.3 Å². The second-order valence-corrected chi connectivity index (χ2v) is 6.19. The maximum absolute atomic E-state index is 13.7. The molecule has 0 spiro atoms. The van der Waals surface area contributed by atoms with Crippen molar-refractivity contribution in [3.05, 3.63) is 76.9 Å². The van der Waals surface area contributed by atoms with Crippen molar-refractivity contribution >= 4 is 17.4 Å². The maximum Gasteiger partial charge on any atom is 0.323 e. The molecule has 0 atom stereocenters. The van der Waals surface area contributed by atoms with Gasteiger partial charge in [-0.05, 0) is 44.0 Å². The van der Waals surface area contributed by atoms with E-state index in [9.17, 15) is 9.18 Å². The van der Waals surface area contributed by atoms with Crippen molar-refractivity contribution in [1.82, 2.24) is 9.78 Å². The normalized spacial score (nSPS) is 10.6. The number of rotatable bonds is 4. The first kappa shape index (κ1) is 17.7. The number of hydrogen-bond acceptors (Lipinski definition) is 2. The molecular formula is C20H21FN4O. The molecule has 0 saturated heterocycles. The van der Waals surface area contributed by atoms with Crippen LogP contribution in [0.4, 0.5) is 20.6 Å². The highest BCUT2D eigenvalue weighted by atomic mass is 19.1. The summed E-state index contributed by atoms with van der Waals surface area (Å²) in [6.45, 7) is 6.41. The number of amides is 2. The van der Waals surface area contributed by atoms with Crippen molar-refractivity contribution in [2.45, 2.75) is 27.3 Å². The highest BCUT2D eigenvalue weighted by Gasteiger charge is 2.15. The van der Waals surface area contributed by atoms with Crippen molar-refractivity contribution in [3.8, 4) is 0 Å². The van der Waals surface area contributed by atoms with E-state index in [0.717, 1.165) is 5.69 Å². The molecule has 5 nitrogen and oxygen atoms in total. The summed E-state index contributed by atoms with van der Waals surface area (Å²) in [6, 6.07) is 13.7. The summed E-state index contributed by atoms with van der Waals surface area (Å²) in [6.07, 6.45) is 0. The van der Waals surface area contributed by atoms with Gasteiger partial charge in [0.1, 0.15) is 5.82 Å². The Morgan fingerprint density at radius 1 is 1.04 bits per heavy atom. The monoisotopic (exact) mass is 352 g/mol. The molecule has 134 valence electrons. The van der Waals surface area contributed by atoms with Crippen LogP contribution >= 0.6 is 0 Å². The minimum atomic E-state index is -0.503. The molecule has 0 saturated carbocycles. The number of carbonyl (C=O) groups excluding carboxylic acids is 1. The lowest BCUT2D eigenvalue weighted by Gasteiger charge is -2.10. The summed E-state index contributed by atoms with van der Waals surface area (Å²) >= 11 is 0. The molecule has 1 heterocycles. The molecule has 2 aromatic carbocycles. The molecule has 0 unspecified atom stereocenters. The predicted octanol–water partition coefficient (Wildman–Crippen LogP) is 4.64. The van der Waals surface area contributed by atoms with Crippen molar-refractivity contribution in [3.63, 3.8) is 0 Å². The van der Waals surface area contributed by atoms with Crippen LogP contribution in [0.3, 0.4) is 0 Å². The first-order valence-electron chi connectivity index (χ1n) is 8.36. The number of carbonyl (C=O) groups is 1. The lowest BCUT2D eigenvalue weighted by atomic mass is 10.1. The molecule has 6 heteroatoms. The van der Waals surface area contributed by atoms with E-state index in [1.807, 2.05) is 30.7 Å². The first-order valence-corrected chi connectivity index (χ1v) is 8.36. The van der Waals surface area contributed by atoms with Crippen LogP contribution < -0.4 is 10.6 Å². The summed E-state index contributed by atoms with van der Waals surface area (Å²) in [5.41, 5.74) is 4.67. The minimum absolute atomic E-state index is 0.132. The van der Waals surface area contributed by atoms with E-state index in [-0.39, 0.29) is 5.69 Å². The smallest absolute Gasteiger partial charge is 0.305 e. The number of benzene rings is 2. The lowest BCUT2D eigenvalue weighted by molar-refractivity contribution is 0.262. The van der Waals surface area contributed by atoms with E-state index in [2.05, 4.69) is 34.8 Å². The topological polar surface area (TPSA) is 59.0 Å². The fourth-order valence-electron chi connectivity index (χ4n) is 2.81. The quantitative estimate of drug-likeness (QED) is 0.719. The average Bonchev–Trinajstić information content (AvgIpc) is 2.86. The van der Waals surface area contributed by atoms with Gasteiger partial charge in [-0.25, -0.2) is 9.18 Å². The van der Waals surface area contributed by atoms with Crippen LogP contribution in [0.25, 0.3) is 0 Å². The fraction of sp³-hybridized carbons (Fsp3) is 0.200. The molecule has 0 radical (unpaired) electrons. The van der Waals surface area contributed by atoms with Gasteiger partial charge in [-0.1, -0.05) is 36.4 Å². The van der Waals surface area contributed by atoms with Gasteiger partial charge < -0.3 is 10.6 Å². The van der Waals surface area contributed by atoms with Gasteiger partial charge >= 0.3 is 6.03 Å². The third-order valence-electron chi connectivity index (χ3n) is 4.32. The number of para-hydroxylation sites is 1. The Morgan fingerprint density at radius 3 is 2.46 bits per heavy atom. The lowest BCUT2D eigenvalue weighted by Crippen LogP contribution is -2.21. The summed E-state index contributed by atoms with van der Waals surface area (Å²) in [7, 11) is 0. The number of urea groups is 1. The first-order chi connectivity index (χ1) is 12.5. The van der Waals surface area contributed by atoms with Gasteiger partial charge in [0.2, 0.25) is 0 Å². The van der Waals surface area contributed by atoms with Crippen molar-refractivity contribution < 1.29 is 9.18 Å². The van der Waals surface area contributed by atoms with Gasteiger partial charge in [-0.2, -0.15) is 5.10 Å². The van der Waals surface area contributed by atoms with Gasteiger partial charge in [-0.3, -0.25) is 4.68 Å². The molecule has 0 bridgehead atoms. The van der Waals surface area contributed by atoms with Crippen molar-refractivity contribution in [2.24, 2.45) is 0 Å². The van der Waals surface area contributed by atoms with Crippen LogP contribution in [0.15, 0.2) is 48.5 Å². The fourth-order valence-corrected chi connectivity index (χ4v) is 2.81. The van der Waals surface area contributed by atoms with Crippen LogP contribution in [0.1, 0.15) is 22.5 Å². The summed E-state index contributed by atoms with van der Waals surface area (Å²) in [5, 5.41) is 9.82. The Kier molecular flexibility index (Phi) is 5.02. The van der Waals surface area contributed by atoms with Crippen LogP contribution in [0.5, 0.6) is 0 Å². The zero-order valence-electron chi connectivity index (χ0n) is 15.0. The molecule has 2 amide bonds. The zero-order chi connectivity index (χ0) is 18.7. The molecule has 3 rings (SSSR count). The molecule has 2 N–H and O–H groups in total. The number of anilines is 2. The van der Waals surface area contributed by atoms with E-state index >= 15 is 0 Å². The largest absolute Gasteiger partial charge is 0.323 e. The molecule has 0 aliphatic rings. The van der Waals surface area contributed by atoms with Crippen LogP contribution in [0, 0.1) is 26.6 Å². The van der Waals surface area contributed by atoms with Gasteiger partial charge in [0.15, 0.2) is 0 Å². The van der Waals surface area contributed by atoms with Crippen LogP contribution in [0.2, 0.25) is 0 Å². The zero-order valence-corrected chi connectivity index (χ0v) is 15.0. The summed E-state index contributed by atoms with van der Waals surface area (Å²) < 4.78 is 15.5. The Bertz CT molecular complexity index is 949. The molecule has 1 aromatic heterocycles. The molecule has 0 fully saturated rings. The van der Waals surface area contributed by atoms with Crippen LogP contribution in [-0.4, -0.2) is 15.8 Å². The van der Waals surface area contributed by atoms with E-state index < -0.39 is 11.8 Å². The van der Waals surface area contributed by atoms with E-state index in [1.54, 1.807) is 12.1 Å². The molecular weight excluding hydrogens is 331 g/mol. The van der Waals surface area contributed by atoms with Crippen LogP contribution in [-0.2, 0) is 6.54 Å². The number of nitrogens with zero attached hydrogens (tertiary/aromatic N) is 2. The van der Waals surface area contributed by atoms with Gasteiger partial charge in [0.25, 0.3) is 0 Å². The number of aromatic nitrogens is 2. The van der Waals surface area contributed by atoms with E-state index in [4.69, 9.17) is 0 Å². The minimum Gasteiger partial charge on any atom is -0.305 e. The number of halogens is 1. The SMILES string of the molecule is Cc1ccccc1Cn1nc(C)c(NC(=O)Nc2ccccc2F)c1C. The molecule has 3 aromatic rings. The molecule has 0 aliphatic carbocycles. The van der Waals surface area contributed by atoms with E-state index in [0.29, 0.717) is 17.9 Å². The Labute approximate surface area is 151 Å². The van der Waals surface area contributed by atoms with Gasteiger partial charge in [-0.15, -0.1) is 0 Å². The standard InChI is InChI=1S/C20H21FN4O/c1-13-8-4-5-9-16(13)12-25-15(3)19(14(2)24-25)23-20(26)22-18-11-7-6-10-17(18)21/h4-11H,12H2,1-3H3,(H2,22,23,26). The summed E-state index contributed by atoms with van der Waals surface area (Å²) in [4.78, 5) is 12.2. The second kappa shape index (κ2) is 7.39. The summed E-state index contributed by atoms with van der Waals surface area (Å²) in [5.74, 6) is -0.480. The average molecular weight is 352 g/mol. The Balaban J connectivity index is 1.77. The maximum atomic E-state index is 13.7.